The summed E-state index contributed by atoms with van der Waals surface area (Å²) in [6, 6.07) is 1.39. The van der Waals surface area contributed by atoms with Crippen LogP contribution in [0.25, 0.3) is 0 Å². The van der Waals surface area contributed by atoms with Crippen molar-refractivity contribution in [1.82, 2.24) is 26.2 Å². The Hall–Kier alpha value is -2.97. The predicted molar refractivity (Wildman–Crippen MR) is 143 cm³/mol. The topological polar surface area (TPSA) is 197 Å². The second-order valence-electron chi connectivity index (χ2n) is 9.83. The number of aliphatic hydroxyl groups excluding tert-OH is 3. The Morgan fingerprint density at radius 2 is 1.50 bits per heavy atom. The Balaban J connectivity index is 2.06. The van der Waals surface area contributed by atoms with E-state index in [2.05, 4.69) is 21.3 Å². The summed E-state index contributed by atoms with van der Waals surface area (Å²) < 4.78 is 0. The minimum atomic E-state index is -1.60. The number of nitrogens with zero attached hydrogens (tertiary/aromatic N) is 1. The van der Waals surface area contributed by atoms with Crippen molar-refractivity contribution < 1.29 is 39.3 Å². The van der Waals surface area contributed by atoms with Gasteiger partial charge in [0, 0.05) is 6.54 Å². The largest absolute Gasteiger partial charge is 0.394 e. The number of alkyl halides is 2. The van der Waals surface area contributed by atoms with Crippen LogP contribution < -0.4 is 21.3 Å². The van der Waals surface area contributed by atoms with E-state index in [1.165, 1.54) is 13.8 Å². The molecule has 3 rings (SSSR count). The quantitative estimate of drug-likeness (QED) is 0.190. The summed E-state index contributed by atoms with van der Waals surface area (Å²) in [4.78, 5) is 67.1. The summed E-state index contributed by atoms with van der Waals surface area (Å²) in [7, 11) is 0. The predicted octanol–water partition coefficient (Wildman–Crippen LogP) is -2.12. The standard InChI is InChI=1S/C25H33Cl2N5O8/c1-11(34)19-23(38)29-16(10-33)22(37)28-15(13-6-4-3-5-7-13)8-17(36)30-20(12(2)35)25(40)32-9-14(26)18(27)21(32)24(39)31-19/h3-7,11-12,14-16,18-21,33-35H,8-10H2,1-2H3,(H,28,37)(H,29,38)(H,30,36)(H,31,39)/t11-,12+,14+,15+,16-,18+,19-,20-,21-/m0/s1. The van der Waals surface area contributed by atoms with Gasteiger partial charge in [0.25, 0.3) is 0 Å². The zero-order valence-electron chi connectivity index (χ0n) is 21.8. The second-order valence-corrected chi connectivity index (χ2v) is 10.9. The average Bonchev–Trinajstić information content (AvgIpc) is 3.21. The Kier molecular flexibility index (Phi) is 10.7. The molecular weight excluding hydrogens is 569 g/mol. The maximum Gasteiger partial charge on any atom is 0.248 e. The highest BCUT2D eigenvalue weighted by Gasteiger charge is 2.49. The van der Waals surface area contributed by atoms with E-state index >= 15 is 0 Å². The molecule has 0 aromatic heterocycles. The number of hydrogen-bond acceptors (Lipinski definition) is 8. The number of carbonyl (C=O) groups is 5. The summed E-state index contributed by atoms with van der Waals surface area (Å²) in [6.45, 7) is 1.46. The molecule has 15 heteroatoms. The highest BCUT2D eigenvalue weighted by atomic mass is 35.5. The summed E-state index contributed by atoms with van der Waals surface area (Å²) in [5.41, 5.74) is 0.513. The lowest BCUT2D eigenvalue weighted by Gasteiger charge is -2.32. The number of hydrogen-bond donors (Lipinski definition) is 7. The van der Waals surface area contributed by atoms with Gasteiger partial charge in [-0.25, -0.2) is 0 Å². The first kappa shape index (κ1) is 31.6. The van der Waals surface area contributed by atoms with Gasteiger partial charge < -0.3 is 41.5 Å². The molecule has 220 valence electrons. The van der Waals surface area contributed by atoms with Crippen molar-refractivity contribution in [2.75, 3.05) is 13.2 Å². The lowest BCUT2D eigenvalue weighted by atomic mass is 10.0. The van der Waals surface area contributed by atoms with E-state index in [9.17, 15) is 39.3 Å². The fourth-order valence-electron chi connectivity index (χ4n) is 4.58. The third-order valence-electron chi connectivity index (χ3n) is 6.76. The van der Waals surface area contributed by atoms with Crippen LogP contribution in [0.3, 0.4) is 0 Å². The first-order chi connectivity index (χ1) is 18.8. The molecule has 0 bridgehead atoms. The lowest BCUT2D eigenvalue weighted by Crippen LogP contribution is -2.62. The number of fused-ring (bicyclic) bond motifs is 1. The fourth-order valence-corrected chi connectivity index (χ4v) is 5.20. The van der Waals surface area contributed by atoms with Crippen LogP contribution in [-0.2, 0) is 24.0 Å². The Morgan fingerprint density at radius 3 is 2.08 bits per heavy atom. The molecule has 1 aromatic carbocycles. The van der Waals surface area contributed by atoms with Crippen molar-refractivity contribution >= 4 is 52.7 Å². The van der Waals surface area contributed by atoms with E-state index in [1.807, 2.05) is 0 Å². The summed E-state index contributed by atoms with van der Waals surface area (Å²) in [6.07, 6.45) is -3.24. The maximum absolute atomic E-state index is 13.5. The first-order valence-corrected chi connectivity index (χ1v) is 13.5. The summed E-state index contributed by atoms with van der Waals surface area (Å²) >= 11 is 12.7. The van der Waals surface area contributed by atoms with Gasteiger partial charge in [-0.2, -0.15) is 0 Å². The van der Waals surface area contributed by atoms with Gasteiger partial charge in [0.2, 0.25) is 29.5 Å². The minimum Gasteiger partial charge on any atom is -0.394 e. The molecule has 2 fully saturated rings. The number of nitrogens with one attached hydrogen (secondary N) is 4. The van der Waals surface area contributed by atoms with Crippen LogP contribution in [0, 0.1) is 0 Å². The third kappa shape index (κ3) is 7.21. The molecule has 5 amide bonds. The minimum absolute atomic E-state index is 0.202. The monoisotopic (exact) mass is 601 g/mol. The van der Waals surface area contributed by atoms with Crippen LogP contribution >= 0.6 is 23.2 Å². The zero-order valence-corrected chi connectivity index (χ0v) is 23.3. The van der Waals surface area contributed by atoms with Crippen molar-refractivity contribution in [2.24, 2.45) is 0 Å². The molecule has 1 aromatic rings. The third-order valence-corrected chi connectivity index (χ3v) is 7.84. The molecule has 2 aliphatic heterocycles. The van der Waals surface area contributed by atoms with Gasteiger partial charge >= 0.3 is 0 Å². The molecular formula is C25H33Cl2N5O8. The van der Waals surface area contributed by atoms with Gasteiger partial charge in [0.15, 0.2) is 0 Å². The molecule has 0 saturated carbocycles. The molecule has 2 aliphatic rings. The van der Waals surface area contributed by atoms with Crippen LogP contribution in [0.1, 0.15) is 31.9 Å². The van der Waals surface area contributed by atoms with E-state index in [0.717, 1.165) is 4.90 Å². The van der Waals surface area contributed by atoms with Crippen molar-refractivity contribution in [3.05, 3.63) is 35.9 Å². The van der Waals surface area contributed by atoms with Gasteiger partial charge in [-0.15, -0.1) is 23.2 Å². The van der Waals surface area contributed by atoms with E-state index in [1.54, 1.807) is 30.3 Å². The van der Waals surface area contributed by atoms with Crippen LogP contribution in [0.2, 0.25) is 0 Å². The molecule has 0 unspecified atom stereocenters. The molecule has 40 heavy (non-hydrogen) atoms. The van der Waals surface area contributed by atoms with Crippen LogP contribution in [0.4, 0.5) is 0 Å². The summed E-state index contributed by atoms with van der Waals surface area (Å²) in [5.74, 6) is -4.34. The Morgan fingerprint density at radius 1 is 0.875 bits per heavy atom. The number of carbonyl (C=O) groups excluding carboxylic acids is 5. The molecule has 0 aliphatic carbocycles. The normalized spacial score (nSPS) is 32.3. The van der Waals surface area contributed by atoms with Crippen molar-refractivity contribution in [3.63, 3.8) is 0 Å². The van der Waals surface area contributed by atoms with Gasteiger partial charge in [-0.1, -0.05) is 30.3 Å². The van der Waals surface area contributed by atoms with Gasteiger partial charge in [-0.3, -0.25) is 24.0 Å². The Bertz CT molecular complexity index is 1110. The second kappa shape index (κ2) is 13.6. The van der Waals surface area contributed by atoms with Gasteiger partial charge in [0.1, 0.15) is 24.2 Å². The van der Waals surface area contributed by atoms with Crippen molar-refractivity contribution in [1.29, 1.82) is 0 Å². The molecule has 0 radical (unpaired) electrons. The maximum atomic E-state index is 13.5. The smallest absolute Gasteiger partial charge is 0.248 e. The zero-order chi connectivity index (χ0) is 29.7. The van der Waals surface area contributed by atoms with Crippen molar-refractivity contribution in [3.8, 4) is 0 Å². The van der Waals surface area contributed by atoms with Gasteiger partial charge in [0.05, 0.1) is 42.0 Å². The number of halogens is 2. The number of benzene rings is 1. The highest BCUT2D eigenvalue weighted by Crippen LogP contribution is 2.29. The SMILES string of the molecule is C[C@H](O)[C@@H]1NC(=O)[C@@H]2[C@H](Cl)[C@H](Cl)CN2C(=O)[C@H]([C@@H](C)O)NC(=O)C[C@H](c2ccccc2)NC(=O)[C@H](CO)NC1=O. The first-order valence-electron chi connectivity index (χ1n) is 12.7. The van der Waals surface area contributed by atoms with Crippen LogP contribution in [-0.4, -0.2) is 110 Å². The molecule has 2 saturated heterocycles. The van der Waals surface area contributed by atoms with Crippen molar-refractivity contribution in [2.45, 2.75) is 73.4 Å². The molecule has 0 spiro atoms. The van der Waals surface area contributed by atoms with Gasteiger partial charge in [-0.05, 0) is 19.4 Å². The number of aliphatic hydroxyl groups is 3. The van der Waals surface area contributed by atoms with Crippen LogP contribution in [0.15, 0.2) is 30.3 Å². The summed E-state index contributed by atoms with van der Waals surface area (Å²) in [5, 5.41) is 38.2. The van der Waals surface area contributed by atoms with E-state index in [-0.39, 0.29) is 13.0 Å². The fraction of sp³-hybridized carbons (Fsp3) is 0.560. The molecule has 13 nitrogen and oxygen atoms in total. The number of rotatable bonds is 4. The van der Waals surface area contributed by atoms with Crippen LogP contribution in [0.5, 0.6) is 0 Å². The molecule has 7 N–H and O–H groups in total. The highest BCUT2D eigenvalue weighted by molar-refractivity contribution is 6.32. The average molecular weight is 602 g/mol. The number of amides is 5. The Labute approximate surface area is 240 Å². The molecule has 2 heterocycles. The van der Waals surface area contributed by atoms with E-state index < -0.39 is 89.3 Å². The lowest BCUT2D eigenvalue weighted by molar-refractivity contribution is -0.145. The molecule has 9 atom stereocenters. The van der Waals surface area contributed by atoms with E-state index in [4.69, 9.17) is 23.2 Å². The van der Waals surface area contributed by atoms with E-state index in [0.29, 0.717) is 5.56 Å².